The zero-order chi connectivity index (χ0) is 11.7. The maximum Gasteiger partial charge on any atom is 0.135 e. The highest BCUT2D eigenvalue weighted by molar-refractivity contribution is 5.95. The molecule has 17 heavy (non-hydrogen) atoms. The van der Waals surface area contributed by atoms with Gasteiger partial charge in [0.1, 0.15) is 5.75 Å². The Morgan fingerprint density at radius 3 is 2.71 bits per heavy atom. The molecule has 1 aromatic heterocycles. The van der Waals surface area contributed by atoms with Gasteiger partial charge in [0.2, 0.25) is 0 Å². The van der Waals surface area contributed by atoms with Gasteiger partial charge in [0.15, 0.2) is 0 Å². The molecule has 2 heteroatoms. The lowest BCUT2D eigenvalue weighted by Crippen LogP contribution is -1.86. The van der Waals surface area contributed by atoms with Gasteiger partial charge >= 0.3 is 0 Å². The first-order chi connectivity index (χ1) is 8.38. The summed E-state index contributed by atoms with van der Waals surface area (Å²) in [5, 5.41) is 2.12. The van der Waals surface area contributed by atoms with Gasteiger partial charge in [-0.3, -0.25) is 0 Å². The van der Waals surface area contributed by atoms with Crippen LogP contribution in [0.3, 0.4) is 0 Å². The summed E-state index contributed by atoms with van der Waals surface area (Å²) >= 11 is 0. The Morgan fingerprint density at radius 2 is 1.82 bits per heavy atom. The molecule has 0 bridgehead atoms. The molecular weight excluding hydrogens is 210 g/mol. The maximum atomic E-state index is 5.39. The Morgan fingerprint density at radius 1 is 1.00 bits per heavy atom. The van der Waals surface area contributed by atoms with Crippen LogP contribution >= 0.6 is 0 Å². The van der Waals surface area contributed by atoms with Crippen LogP contribution in [0.5, 0.6) is 5.75 Å². The van der Waals surface area contributed by atoms with E-state index in [0.29, 0.717) is 0 Å². The van der Waals surface area contributed by atoms with E-state index in [2.05, 4.69) is 17.6 Å². The summed E-state index contributed by atoms with van der Waals surface area (Å²) in [7, 11) is 0. The normalized spacial score (nSPS) is 10.6. The van der Waals surface area contributed by atoms with E-state index < -0.39 is 0 Å². The van der Waals surface area contributed by atoms with Crippen LogP contribution in [0.4, 0.5) is 0 Å². The van der Waals surface area contributed by atoms with Crippen molar-refractivity contribution >= 4 is 21.8 Å². The monoisotopic (exact) mass is 221 g/mol. The third kappa shape index (κ3) is 1.64. The lowest BCUT2D eigenvalue weighted by atomic mass is 10.1. The van der Waals surface area contributed by atoms with Crippen molar-refractivity contribution in [1.82, 2.24) is 4.98 Å². The number of benzene rings is 2. The minimum atomic E-state index is 0.788. The van der Waals surface area contributed by atoms with Gasteiger partial charge in [-0.2, -0.15) is 0 Å². The highest BCUT2D eigenvalue weighted by Crippen LogP contribution is 2.27. The van der Waals surface area contributed by atoms with Crippen LogP contribution < -0.4 is 4.74 Å². The summed E-state index contributed by atoms with van der Waals surface area (Å²) in [6.45, 7) is 3.58. The fourth-order valence-corrected chi connectivity index (χ4v) is 1.96. The van der Waals surface area contributed by atoms with Crippen LogP contribution in [0.2, 0.25) is 0 Å². The van der Waals surface area contributed by atoms with E-state index in [1.807, 2.05) is 42.5 Å². The summed E-state index contributed by atoms with van der Waals surface area (Å²) in [6.07, 6.45) is 1.43. The van der Waals surface area contributed by atoms with Crippen LogP contribution in [0.15, 0.2) is 61.4 Å². The third-order valence-corrected chi connectivity index (χ3v) is 2.73. The molecule has 0 saturated heterocycles. The predicted octanol–water partition coefficient (Wildman–Crippen LogP) is 3.91. The van der Waals surface area contributed by atoms with Crippen LogP contribution in [0.25, 0.3) is 21.8 Å². The highest BCUT2D eigenvalue weighted by Gasteiger charge is 2.04. The van der Waals surface area contributed by atoms with E-state index in [9.17, 15) is 0 Å². The molecular formula is C15H11NO. The summed E-state index contributed by atoms with van der Waals surface area (Å²) in [6, 6.07) is 16.0. The number of pyridine rings is 1. The molecule has 1 heterocycles. The molecule has 0 unspecified atom stereocenters. The second-order valence-corrected chi connectivity index (χ2v) is 3.79. The number of hydrogen-bond donors (Lipinski definition) is 0. The van der Waals surface area contributed by atoms with E-state index in [-0.39, 0.29) is 0 Å². The van der Waals surface area contributed by atoms with Crippen molar-refractivity contribution in [1.29, 1.82) is 0 Å². The largest absolute Gasteiger partial charge is 0.465 e. The molecule has 0 spiro atoms. The van der Waals surface area contributed by atoms with Crippen LogP contribution in [-0.4, -0.2) is 4.98 Å². The summed E-state index contributed by atoms with van der Waals surface area (Å²) < 4.78 is 5.39. The molecule has 0 aliphatic rings. The first kappa shape index (κ1) is 9.85. The maximum absolute atomic E-state index is 5.39. The first-order valence-electron chi connectivity index (χ1n) is 5.44. The number of hydrogen-bond acceptors (Lipinski definition) is 2. The molecule has 0 atom stereocenters. The third-order valence-electron chi connectivity index (χ3n) is 2.73. The average Bonchev–Trinajstić information content (AvgIpc) is 2.37. The van der Waals surface area contributed by atoms with E-state index in [4.69, 9.17) is 4.74 Å². The van der Waals surface area contributed by atoms with E-state index in [1.54, 1.807) is 0 Å². The standard InChI is InChI=1S/C15H11NO/c1-2-17-15-9-5-8-14-12(15)10-11-6-3-4-7-13(11)16-14/h2-10H,1H2. The molecule has 0 fully saturated rings. The molecule has 3 rings (SSSR count). The second-order valence-electron chi connectivity index (χ2n) is 3.79. The molecule has 2 nitrogen and oxygen atoms in total. The molecule has 0 saturated carbocycles. The van der Waals surface area contributed by atoms with Crippen LogP contribution in [0.1, 0.15) is 0 Å². The lowest BCUT2D eigenvalue weighted by Gasteiger charge is -2.06. The lowest BCUT2D eigenvalue weighted by molar-refractivity contribution is 0.489. The van der Waals surface area contributed by atoms with Crippen molar-refractivity contribution in [2.45, 2.75) is 0 Å². The van der Waals surface area contributed by atoms with Gasteiger partial charge in [-0.05, 0) is 24.3 Å². The summed E-state index contributed by atoms with van der Waals surface area (Å²) in [5.41, 5.74) is 1.93. The zero-order valence-electron chi connectivity index (χ0n) is 9.26. The van der Waals surface area contributed by atoms with E-state index >= 15 is 0 Å². The van der Waals surface area contributed by atoms with Gasteiger partial charge < -0.3 is 4.74 Å². The van der Waals surface area contributed by atoms with Crippen molar-refractivity contribution in [3.8, 4) is 5.75 Å². The second kappa shape index (κ2) is 3.91. The van der Waals surface area contributed by atoms with Gasteiger partial charge in [-0.25, -0.2) is 4.98 Å². The Labute approximate surface area is 99.2 Å². The van der Waals surface area contributed by atoms with Crippen molar-refractivity contribution in [2.24, 2.45) is 0 Å². The van der Waals surface area contributed by atoms with E-state index in [0.717, 1.165) is 27.6 Å². The van der Waals surface area contributed by atoms with Gasteiger partial charge in [0.05, 0.1) is 17.3 Å². The minimum absolute atomic E-state index is 0.788. The molecule has 3 aromatic rings. The summed E-state index contributed by atoms with van der Waals surface area (Å²) in [5.74, 6) is 0.788. The molecule has 0 amide bonds. The van der Waals surface area contributed by atoms with Crippen LogP contribution in [-0.2, 0) is 0 Å². The number of rotatable bonds is 2. The fourth-order valence-electron chi connectivity index (χ4n) is 1.96. The fraction of sp³-hybridized carbons (Fsp3) is 0. The number of fused-ring (bicyclic) bond motifs is 2. The van der Waals surface area contributed by atoms with Gasteiger partial charge in [-0.15, -0.1) is 0 Å². The smallest absolute Gasteiger partial charge is 0.135 e. The molecule has 0 aliphatic carbocycles. The number of nitrogens with zero attached hydrogens (tertiary/aromatic N) is 1. The first-order valence-corrected chi connectivity index (χ1v) is 5.44. The quantitative estimate of drug-likeness (QED) is 0.483. The van der Waals surface area contributed by atoms with Gasteiger partial charge in [-0.1, -0.05) is 30.8 Å². The van der Waals surface area contributed by atoms with Gasteiger partial charge in [0.25, 0.3) is 0 Å². The Kier molecular flexibility index (Phi) is 2.26. The molecule has 82 valence electrons. The Hall–Kier alpha value is -2.35. The number of aromatic nitrogens is 1. The Bertz CT molecular complexity index is 703. The van der Waals surface area contributed by atoms with Gasteiger partial charge in [0, 0.05) is 10.8 Å². The number of para-hydroxylation sites is 1. The highest BCUT2D eigenvalue weighted by atomic mass is 16.5. The SMILES string of the molecule is C=COc1cccc2nc3ccccc3cc12. The van der Waals surface area contributed by atoms with E-state index in [1.165, 1.54) is 6.26 Å². The summed E-state index contributed by atoms with van der Waals surface area (Å²) in [4.78, 5) is 4.61. The van der Waals surface area contributed by atoms with Crippen LogP contribution in [0, 0.1) is 0 Å². The topological polar surface area (TPSA) is 22.1 Å². The molecule has 0 N–H and O–H groups in total. The van der Waals surface area contributed by atoms with Crippen molar-refractivity contribution in [3.63, 3.8) is 0 Å². The molecule has 0 radical (unpaired) electrons. The predicted molar refractivity (Wildman–Crippen MR) is 70.1 cm³/mol. The molecule has 2 aromatic carbocycles. The zero-order valence-corrected chi connectivity index (χ0v) is 9.26. The minimum Gasteiger partial charge on any atom is -0.465 e. The average molecular weight is 221 g/mol. The number of ether oxygens (including phenoxy) is 1. The van der Waals surface area contributed by atoms with Crippen molar-refractivity contribution in [3.05, 3.63) is 61.4 Å². The van der Waals surface area contributed by atoms with Crippen molar-refractivity contribution in [2.75, 3.05) is 0 Å². The molecule has 0 aliphatic heterocycles. The van der Waals surface area contributed by atoms with Crippen molar-refractivity contribution < 1.29 is 4.74 Å². The Balaban J connectivity index is 2.39.